The summed E-state index contributed by atoms with van der Waals surface area (Å²) >= 11 is 6.05. The van der Waals surface area contributed by atoms with Crippen molar-refractivity contribution in [3.05, 3.63) is 45.5 Å². The fraction of sp³-hybridized carbons (Fsp3) is 0.357. The molecule has 0 heterocycles. The summed E-state index contributed by atoms with van der Waals surface area (Å²) in [5.41, 5.74) is 4.66. The highest BCUT2D eigenvalue weighted by Gasteiger charge is 2.25. The topological polar surface area (TPSA) is 17.1 Å². The third kappa shape index (κ3) is 2.05. The fourth-order valence-electron chi connectivity index (χ4n) is 2.41. The Bertz CT molecular complexity index is 460. The third-order valence-corrected chi connectivity index (χ3v) is 3.64. The first kappa shape index (κ1) is 11.4. The maximum atomic E-state index is 10.8. The summed E-state index contributed by atoms with van der Waals surface area (Å²) in [6.45, 7) is 4.21. The van der Waals surface area contributed by atoms with Crippen molar-refractivity contribution in [2.45, 2.75) is 32.6 Å². The molecular weight excluding hydrogens is 220 g/mol. The summed E-state index contributed by atoms with van der Waals surface area (Å²) in [4.78, 5) is 10.8. The molecule has 0 saturated carbocycles. The van der Waals surface area contributed by atoms with Crippen LogP contribution in [0.3, 0.4) is 0 Å². The number of carbonyl (C=O) groups excluding carboxylic acids is 1. The predicted molar refractivity (Wildman–Crippen MR) is 66.8 cm³/mol. The first-order chi connectivity index (χ1) is 7.61. The van der Waals surface area contributed by atoms with E-state index in [1.54, 1.807) is 0 Å². The fourth-order valence-corrected chi connectivity index (χ4v) is 2.72. The van der Waals surface area contributed by atoms with E-state index in [-0.39, 0.29) is 0 Å². The summed E-state index contributed by atoms with van der Waals surface area (Å²) < 4.78 is 0. The second kappa shape index (κ2) is 4.42. The first-order valence-electron chi connectivity index (χ1n) is 5.51. The second-order valence-corrected chi connectivity index (χ2v) is 4.97. The standard InChI is InChI=1S/C14H15ClO/c1-9-3-4-13(10(2)5-9)11-6-12(8-16)14(15)7-11/h3-5,8,11H,6-7H2,1-2H3. The molecule has 1 aromatic rings. The largest absolute Gasteiger partial charge is 0.298 e. The van der Waals surface area contributed by atoms with Crippen molar-refractivity contribution >= 4 is 17.9 Å². The van der Waals surface area contributed by atoms with Gasteiger partial charge >= 0.3 is 0 Å². The van der Waals surface area contributed by atoms with Crippen LogP contribution in [0.5, 0.6) is 0 Å². The van der Waals surface area contributed by atoms with Crippen molar-refractivity contribution < 1.29 is 4.79 Å². The zero-order valence-corrected chi connectivity index (χ0v) is 10.3. The summed E-state index contributed by atoms with van der Waals surface area (Å²) in [7, 11) is 0. The third-order valence-electron chi connectivity index (χ3n) is 3.25. The monoisotopic (exact) mass is 234 g/mol. The number of aryl methyl sites for hydroxylation is 2. The number of hydrogen-bond acceptors (Lipinski definition) is 1. The molecule has 1 aliphatic carbocycles. The van der Waals surface area contributed by atoms with Crippen LogP contribution in [0.2, 0.25) is 0 Å². The van der Waals surface area contributed by atoms with Crippen LogP contribution in [0.1, 0.15) is 35.4 Å². The van der Waals surface area contributed by atoms with Gasteiger partial charge in [0.25, 0.3) is 0 Å². The van der Waals surface area contributed by atoms with E-state index >= 15 is 0 Å². The van der Waals surface area contributed by atoms with Crippen LogP contribution in [0.4, 0.5) is 0 Å². The van der Waals surface area contributed by atoms with E-state index in [0.717, 1.165) is 29.7 Å². The van der Waals surface area contributed by atoms with Gasteiger partial charge in [-0.25, -0.2) is 0 Å². The Morgan fingerprint density at radius 1 is 1.31 bits per heavy atom. The van der Waals surface area contributed by atoms with Crippen LogP contribution in [-0.4, -0.2) is 6.29 Å². The maximum Gasteiger partial charge on any atom is 0.147 e. The molecule has 0 saturated heterocycles. The lowest BCUT2D eigenvalue weighted by Gasteiger charge is -2.13. The van der Waals surface area contributed by atoms with Gasteiger partial charge in [-0.05, 0) is 43.7 Å². The molecule has 0 spiro atoms. The number of aldehydes is 1. The molecule has 1 nitrogen and oxygen atoms in total. The lowest BCUT2D eigenvalue weighted by atomic mass is 9.91. The van der Waals surface area contributed by atoms with Crippen LogP contribution < -0.4 is 0 Å². The van der Waals surface area contributed by atoms with E-state index in [4.69, 9.17) is 11.6 Å². The highest BCUT2D eigenvalue weighted by molar-refractivity contribution is 6.31. The molecule has 1 aromatic carbocycles. The number of allylic oxidation sites excluding steroid dienone is 2. The zero-order chi connectivity index (χ0) is 11.7. The Balaban J connectivity index is 2.26. The Kier molecular flexibility index (Phi) is 3.15. The minimum atomic E-state index is 0.383. The van der Waals surface area contributed by atoms with Crippen molar-refractivity contribution in [3.8, 4) is 0 Å². The van der Waals surface area contributed by atoms with Crippen LogP contribution >= 0.6 is 11.6 Å². The average molecular weight is 235 g/mol. The Morgan fingerprint density at radius 3 is 2.62 bits per heavy atom. The molecule has 84 valence electrons. The quantitative estimate of drug-likeness (QED) is 0.710. The van der Waals surface area contributed by atoms with Crippen molar-refractivity contribution in [1.29, 1.82) is 0 Å². The van der Waals surface area contributed by atoms with Crippen molar-refractivity contribution in [2.75, 3.05) is 0 Å². The van der Waals surface area contributed by atoms with Gasteiger partial charge in [0, 0.05) is 10.6 Å². The molecule has 1 atom stereocenters. The van der Waals surface area contributed by atoms with Gasteiger partial charge in [-0.15, -0.1) is 0 Å². The Hall–Kier alpha value is -1.08. The normalized spacial score (nSPS) is 20.3. The van der Waals surface area contributed by atoms with Crippen LogP contribution in [0.15, 0.2) is 28.8 Å². The molecule has 2 rings (SSSR count). The van der Waals surface area contributed by atoms with Gasteiger partial charge < -0.3 is 0 Å². The summed E-state index contributed by atoms with van der Waals surface area (Å²) in [6, 6.07) is 6.46. The molecule has 2 heteroatoms. The van der Waals surface area contributed by atoms with Gasteiger partial charge in [0.05, 0.1) is 0 Å². The molecule has 0 aromatic heterocycles. The number of hydrogen-bond donors (Lipinski definition) is 0. The minimum Gasteiger partial charge on any atom is -0.298 e. The highest BCUT2D eigenvalue weighted by Crippen LogP contribution is 2.40. The van der Waals surface area contributed by atoms with Crippen molar-refractivity contribution in [3.63, 3.8) is 0 Å². The van der Waals surface area contributed by atoms with E-state index in [0.29, 0.717) is 5.92 Å². The molecule has 0 N–H and O–H groups in total. The summed E-state index contributed by atoms with van der Waals surface area (Å²) in [6.07, 6.45) is 2.48. The first-order valence-corrected chi connectivity index (χ1v) is 5.89. The number of halogens is 1. The van der Waals surface area contributed by atoms with Crippen LogP contribution in [-0.2, 0) is 4.79 Å². The molecule has 0 aliphatic heterocycles. The molecule has 0 radical (unpaired) electrons. The van der Waals surface area contributed by atoms with E-state index in [9.17, 15) is 4.79 Å². The number of carbonyl (C=O) groups is 1. The van der Waals surface area contributed by atoms with Crippen LogP contribution in [0.25, 0.3) is 0 Å². The zero-order valence-electron chi connectivity index (χ0n) is 9.59. The summed E-state index contributed by atoms with van der Waals surface area (Å²) in [5, 5.41) is 0.736. The molecular formula is C14H15ClO. The number of benzene rings is 1. The Labute approximate surface area is 101 Å². The van der Waals surface area contributed by atoms with Gasteiger partial charge in [-0.2, -0.15) is 0 Å². The number of rotatable bonds is 2. The lowest BCUT2D eigenvalue weighted by Crippen LogP contribution is -1.97. The molecule has 1 unspecified atom stereocenters. The molecule has 0 fully saturated rings. The molecule has 0 bridgehead atoms. The smallest absolute Gasteiger partial charge is 0.147 e. The highest BCUT2D eigenvalue weighted by atomic mass is 35.5. The van der Waals surface area contributed by atoms with E-state index in [2.05, 4.69) is 32.0 Å². The second-order valence-electron chi connectivity index (χ2n) is 4.51. The van der Waals surface area contributed by atoms with Gasteiger partial charge in [0.15, 0.2) is 0 Å². The molecule has 16 heavy (non-hydrogen) atoms. The van der Waals surface area contributed by atoms with Crippen molar-refractivity contribution in [2.24, 2.45) is 0 Å². The lowest BCUT2D eigenvalue weighted by molar-refractivity contribution is -0.105. The van der Waals surface area contributed by atoms with Gasteiger partial charge in [0.1, 0.15) is 6.29 Å². The van der Waals surface area contributed by atoms with E-state index in [1.165, 1.54) is 16.7 Å². The Morgan fingerprint density at radius 2 is 2.06 bits per heavy atom. The summed E-state index contributed by atoms with van der Waals surface area (Å²) in [5.74, 6) is 0.383. The van der Waals surface area contributed by atoms with Crippen molar-refractivity contribution in [1.82, 2.24) is 0 Å². The average Bonchev–Trinajstić information content (AvgIpc) is 2.59. The molecule has 0 amide bonds. The van der Waals surface area contributed by atoms with Gasteiger partial charge in [-0.1, -0.05) is 35.4 Å². The van der Waals surface area contributed by atoms with Gasteiger partial charge in [-0.3, -0.25) is 4.79 Å². The minimum absolute atomic E-state index is 0.383. The maximum absolute atomic E-state index is 10.8. The molecule has 1 aliphatic rings. The van der Waals surface area contributed by atoms with E-state index in [1.807, 2.05) is 0 Å². The van der Waals surface area contributed by atoms with Crippen LogP contribution in [0, 0.1) is 13.8 Å². The SMILES string of the molecule is Cc1ccc(C2CC(Cl)=C(C=O)C2)c(C)c1. The van der Waals surface area contributed by atoms with Gasteiger partial charge in [0.2, 0.25) is 0 Å². The van der Waals surface area contributed by atoms with E-state index < -0.39 is 0 Å². The predicted octanol–water partition coefficient (Wildman–Crippen LogP) is 3.87.